The topological polar surface area (TPSA) is 500 Å². The molecule has 10 aliphatic rings. The van der Waals surface area contributed by atoms with Crippen LogP contribution in [0.1, 0.15) is 114 Å². The van der Waals surface area contributed by atoms with Gasteiger partial charge in [0.15, 0.2) is 37.6 Å². The highest BCUT2D eigenvalue weighted by atomic mass is 16.8. The molecule has 96 heavy (non-hydrogen) atoms. The third-order valence-electron chi connectivity index (χ3n) is 24.7. The number of carboxylic acid groups (broad SMARTS) is 1. The van der Waals surface area contributed by atoms with Crippen LogP contribution in [0, 0.1) is 50.2 Å². The average molecular weight is 1380 g/mol. The van der Waals surface area contributed by atoms with Crippen LogP contribution in [0.25, 0.3) is 0 Å². The van der Waals surface area contributed by atoms with Crippen molar-refractivity contribution in [3.8, 4) is 0 Å². The minimum atomic E-state index is -2.33. The molecule has 4 saturated carbocycles. The smallest absolute Gasteiger partial charge is 0.335 e. The van der Waals surface area contributed by atoms with Crippen LogP contribution in [0.4, 0.5) is 0 Å². The molecule has 0 amide bonds. The first-order valence-electron chi connectivity index (χ1n) is 33.5. The lowest BCUT2D eigenvalue weighted by atomic mass is 9.32. The fourth-order valence-electron chi connectivity index (χ4n) is 18.8. The zero-order valence-corrected chi connectivity index (χ0v) is 55.8. The summed E-state index contributed by atoms with van der Waals surface area (Å²) in [7, 11) is 0. The number of hydrogen-bond acceptors (Lipinski definition) is 30. The van der Waals surface area contributed by atoms with Crippen LogP contribution in [-0.4, -0.2) is 308 Å². The zero-order chi connectivity index (χ0) is 70.8. The van der Waals surface area contributed by atoms with E-state index < -0.39 is 255 Å². The van der Waals surface area contributed by atoms with Crippen molar-refractivity contribution in [3.05, 3.63) is 23.3 Å². The fraction of sp³-hybridized carbons (Fsp3) is 0.908. The second-order valence-corrected chi connectivity index (χ2v) is 30.8. The maximum atomic E-state index is 14.0. The molecule has 0 unspecified atom stereocenters. The van der Waals surface area contributed by atoms with E-state index in [2.05, 4.69) is 19.9 Å². The summed E-state index contributed by atoms with van der Waals surface area (Å²) in [6.07, 6.45) is -46.0. The van der Waals surface area contributed by atoms with Crippen LogP contribution < -0.4 is 0 Å². The molecule has 10 rings (SSSR count). The second-order valence-electron chi connectivity index (χ2n) is 30.8. The minimum absolute atomic E-state index is 0.208. The van der Waals surface area contributed by atoms with Gasteiger partial charge in [-0.15, -0.1) is 0 Å². The summed E-state index contributed by atoms with van der Waals surface area (Å²) in [4.78, 5) is 27.3. The van der Waals surface area contributed by atoms with Gasteiger partial charge in [0.25, 0.3) is 0 Å². The maximum absolute atomic E-state index is 14.0. The highest BCUT2D eigenvalue weighted by Gasteiger charge is 2.75. The molecule has 5 saturated heterocycles. The molecule has 0 bridgehead atoms. The molecule has 0 spiro atoms. The van der Waals surface area contributed by atoms with Gasteiger partial charge < -0.3 is 144 Å². The van der Waals surface area contributed by atoms with Gasteiger partial charge in [-0.1, -0.05) is 66.2 Å². The predicted molar refractivity (Wildman–Crippen MR) is 322 cm³/mol. The Balaban J connectivity index is 0.990. The Hall–Kier alpha value is -2.66. The number of carboxylic acids is 1. The quantitative estimate of drug-likeness (QED) is 0.0284. The van der Waals surface area contributed by atoms with E-state index in [4.69, 9.17) is 52.1 Å². The van der Waals surface area contributed by atoms with E-state index in [0.717, 1.165) is 5.57 Å². The molecule has 5 heterocycles. The number of carbonyl (C=O) groups is 2. The predicted octanol–water partition coefficient (Wildman–Crippen LogP) is -4.19. The van der Waals surface area contributed by atoms with Gasteiger partial charge in [0, 0.05) is 11.0 Å². The second kappa shape index (κ2) is 28.2. The Morgan fingerprint density at radius 1 is 0.552 bits per heavy atom. The van der Waals surface area contributed by atoms with E-state index >= 15 is 0 Å². The van der Waals surface area contributed by atoms with Gasteiger partial charge in [0.1, 0.15) is 116 Å². The molecule has 0 aromatic rings. The summed E-state index contributed by atoms with van der Waals surface area (Å²) in [5.41, 5.74) is -4.64. The Kier molecular flexibility index (Phi) is 22.3. The molecule has 9 fully saturated rings. The van der Waals surface area contributed by atoms with Crippen LogP contribution in [0.15, 0.2) is 23.3 Å². The molecule has 31 heteroatoms. The van der Waals surface area contributed by atoms with Crippen molar-refractivity contribution in [2.75, 3.05) is 26.4 Å². The van der Waals surface area contributed by atoms with E-state index in [-0.39, 0.29) is 30.3 Å². The number of aliphatic carboxylic acids is 1. The first-order valence-corrected chi connectivity index (χ1v) is 33.5. The summed E-state index contributed by atoms with van der Waals surface area (Å²) in [6, 6.07) is 0. The summed E-state index contributed by atoms with van der Waals surface area (Å²) < 4.78 is 67.8. The van der Waals surface area contributed by atoms with Crippen molar-refractivity contribution < 1.29 is 154 Å². The molecule has 18 N–H and O–H groups in total. The van der Waals surface area contributed by atoms with Gasteiger partial charge in [0.2, 0.25) is 0 Å². The lowest BCUT2D eigenvalue weighted by molar-refractivity contribution is -0.406. The van der Waals surface area contributed by atoms with Gasteiger partial charge in [-0.05, 0) is 105 Å². The monoisotopic (exact) mass is 1380 g/mol. The normalized spacial score (nSPS) is 52.6. The first kappa shape index (κ1) is 76.0. The Labute approximate surface area is 556 Å². The molecule has 0 radical (unpaired) electrons. The summed E-state index contributed by atoms with van der Waals surface area (Å²) >= 11 is 0. The number of esters is 1. The van der Waals surface area contributed by atoms with Crippen LogP contribution in [-0.2, 0) is 61.7 Å². The number of hydrogen-bond donors (Lipinski definition) is 18. The van der Waals surface area contributed by atoms with Crippen molar-refractivity contribution in [1.29, 1.82) is 0 Å². The van der Waals surface area contributed by atoms with Gasteiger partial charge >= 0.3 is 11.9 Å². The van der Waals surface area contributed by atoms with Crippen molar-refractivity contribution in [1.82, 2.24) is 0 Å². The number of rotatable bonds is 17. The maximum Gasteiger partial charge on any atom is 0.335 e. The summed E-state index contributed by atoms with van der Waals surface area (Å²) in [6.45, 7) is 15.7. The highest BCUT2D eigenvalue weighted by Crippen LogP contribution is 2.76. The van der Waals surface area contributed by atoms with E-state index in [1.165, 1.54) is 6.92 Å². The molecule has 0 aromatic heterocycles. The Bertz CT molecular complexity index is 2790. The molecule has 0 aromatic carbocycles. The molecule has 36 atom stereocenters. The van der Waals surface area contributed by atoms with Gasteiger partial charge in [0.05, 0.1) is 56.3 Å². The Morgan fingerprint density at radius 3 is 1.66 bits per heavy atom. The van der Waals surface area contributed by atoms with Crippen molar-refractivity contribution in [2.24, 2.45) is 50.2 Å². The van der Waals surface area contributed by atoms with E-state index in [9.17, 15) is 102 Å². The number of aliphatic hydroxyl groups excluding tert-OH is 17. The van der Waals surface area contributed by atoms with E-state index in [1.54, 1.807) is 19.9 Å². The number of aliphatic hydroxyl groups is 17. The zero-order valence-electron chi connectivity index (χ0n) is 55.8. The standard InChI is InChI=1S/C65H104O31/c1-11-24(2)54(85)91-34-19-60(4,5)18-27-26-12-13-32-62(8)16-15-33(61(6,7)31(62)14-17-63(32,9)64(26,10)51(81)52(82)65(27,34)23-86-55-43(77)40(74)36(70)28(20-66)88-55)92-59-50(96-57-45(79)41(75)37(71)29(21-67)89-57)47(46(80)48(94-59)53(83)84)93-58-49(42(76)38(72)30(22-68)90-58)95-56-44(78)39(73)35(69)25(3)87-56/h11-12,25,27-52,55-59,66-82H,13-23H2,1-10H3,(H,83,84)/b24-11-/t25-,27+,28+,29+,30+,31-,32+,33-,34-,35-,36+,37+,38-,39+,40-,41-,42-,43+,44+,45+,46-,47-,48-,49+,50+,51-,52+,55+,56-,57-,58-,59+,62-,63+,64-,65+/m0/s1. The summed E-state index contributed by atoms with van der Waals surface area (Å²) in [5, 5.41) is 201. The highest BCUT2D eigenvalue weighted by molar-refractivity contribution is 5.87. The van der Waals surface area contributed by atoms with E-state index in [1.807, 2.05) is 34.6 Å². The molecular formula is C65H104O31. The van der Waals surface area contributed by atoms with Crippen LogP contribution in [0.5, 0.6) is 0 Å². The van der Waals surface area contributed by atoms with Gasteiger partial charge in [-0.3, -0.25) is 0 Å². The Morgan fingerprint density at radius 2 is 1.07 bits per heavy atom. The minimum Gasteiger partial charge on any atom is -0.479 e. The van der Waals surface area contributed by atoms with E-state index in [0.29, 0.717) is 32.1 Å². The molecule has 550 valence electrons. The van der Waals surface area contributed by atoms with Gasteiger partial charge in [-0.2, -0.15) is 0 Å². The molecule has 5 aliphatic carbocycles. The number of ether oxygens (including phenoxy) is 11. The van der Waals surface area contributed by atoms with Crippen LogP contribution >= 0.6 is 0 Å². The first-order chi connectivity index (χ1) is 44.9. The summed E-state index contributed by atoms with van der Waals surface area (Å²) in [5.74, 6) is -3.60. The molecule has 5 aliphatic heterocycles. The number of allylic oxidation sites excluding steroid dienone is 2. The van der Waals surface area contributed by atoms with Crippen molar-refractivity contribution in [3.63, 3.8) is 0 Å². The van der Waals surface area contributed by atoms with Gasteiger partial charge in [-0.25, -0.2) is 9.59 Å². The van der Waals surface area contributed by atoms with Crippen LogP contribution in [0.2, 0.25) is 0 Å². The lowest BCUT2D eigenvalue weighted by Crippen LogP contribution is -2.74. The molecular weight excluding hydrogens is 1280 g/mol. The number of fused-ring (bicyclic) bond motifs is 7. The molecule has 31 nitrogen and oxygen atoms in total. The lowest BCUT2D eigenvalue weighted by Gasteiger charge is -2.73. The SMILES string of the molecule is C/C=C(/C)C(=O)O[C@H]1CC(C)(C)C[C@@H]2C3=CC[C@@H]4[C@@]5(C)CC[C@H](O[C@@H]6O[C@H](C(=O)O)[C@@H](O)[C@H](O[C@@H]7O[C@H](CO)[C@H](O)[C@H](O)[C@H]7O[C@@H]7O[C@@H](C)[C@H](O)[C@@H](O)[C@H]7O)[C@H]6O[C@@H]6O[C@H](CO)[C@@H](O)[C@H](O)[C@H]6O)C(C)(C)[C@@H]5CC[C@@]4(C)[C@]3(C)[C@@H](O)[C@@H](O)[C@@]12CO[C@@H]1O[C@H](CO)[C@@H](O)[C@H](O)[C@H]1O. The largest absolute Gasteiger partial charge is 0.479 e. The van der Waals surface area contributed by atoms with Crippen molar-refractivity contribution >= 4 is 11.9 Å². The third kappa shape index (κ3) is 12.6. The fourth-order valence-corrected chi connectivity index (χ4v) is 18.8. The van der Waals surface area contributed by atoms with Crippen molar-refractivity contribution in [2.45, 2.75) is 292 Å². The average Bonchev–Trinajstić information content (AvgIpc) is 0.664. The third-order valence-corrected chi connectivity index (χ3v) is 24.7. The number of carbonyl (C=O) groups excluding carboxylic acids is 1. The van der Waals surface area contributed by atoms with Crippen LogP contribution in [0.3, 0.4) is 0 Å².